The highest BCUT2D eigenvalue weighted by atomic mass is 32.1. The number of fused-ring (bicyclic) bond motifs is 4. The fourth-order valence-electron chi connectivity index (χ4n) is 5.12. The average Bonchev–Trinajstić information content (AvgIpc) is 2.76. The summed E-state index contributed by atoms with van der Waals surface area (Å²) in [7, 11) is 0. The molecular formula is C28H18S2. The maximum atomic E-state index is 2.45. The van der Waals surface area contributed by atoms with Crippen LogP contribution in [0.2, 0.25) is 0 Å². The van der Waals surface area contributed by atoms with Gasteiger partial charge in [0.05, 0.1) is 0 Å². The van der Waals surface area contributed by atoms with Gasteiger partial charge in [0, 0.05) is 40.3 Å². The summed E-state index contributed by atoms with van der Waals surface area (Å²) in [6.07, 6.45) is 0. The minimum absolute atomic E-state index is 1.34. The van der Waals surface area contributed by atoms with Gasteiger partial charge < -0.3 is 0 Å². The minimum Gasteiger partial charge on any atom is -0.135 e. The third-order valence-electron chi connectivity index (χ3n) is 6.49. The summed E-state index contributed by atoms with van der Waals surface area (Å²) in [6, 6.07) is 27.4. The molecule has 0 unspecified atom stereocenters. The first-order valence-corrected chi connectivity index (χ1v) is 11.9. The molecule has 2 aromatic heterocycles. The zero-order chi connectivity index (χ0) is 20.0. The van der Waals surface area contributed by atoms with Crippen molar-refractivity contribution in [1.82, 2.24) is 0 Å². The first kappa shape index (κ1) is 16.8. The van der Waals surface area contributed by atoms with Crippen LogP contribution in [0.25, 0.3) is 61.9 Å². The molecule has 2 heteroatoms. The lowest BCUT2D eigenvalue weighted by Crippen LogP contribution is -1.87. The van der Waals surface area contributed by atoms with Gasteiger partial charge >= 0.3 is 0 Å². The Balaban J connectivity index is 1.79. The van der Waals surface area contributed by atoms with Gasteiger partial charge in [0.2, 0.25) is 0 Å². The van der Waals surface area contributed by atoms with Crippen molar-refractivity contribution in [3.8, 4) is 0 Å². The Morgan fingerprint density at radius 1 is 0.467 bits per heavy atom. The fourth-order valence-corrected chi connectivity index (χ4v) is 7.43. The molecule has 7 rings (SSSR count). The fraction of sp³-hybridized carbons (Fsp3) is 0.0714. The van der Waals surface area contributed by atoms with E-state index < -0.39 is 0 Å². The summed E-state index contributed by atoms with van der Waals surface area (Å²) in [5.41, 5.74) is 2.71. The summed E-state index contributed by atoms with van der Waals surface area (Å²) in [4.78, 5) is 0. The van der Waals surface area contributed by atoms with Crippen molar-refractivity contribution in [2.45, 2.75) is 13.8 Å². The molecule has 0 atom stereocenters. The van der Waals surface area contributed by atoms with E-state index in [-0.39, 0.29) is 0 Å². The molecule has 0 aliphatic carbocycles. The van der Waals surface area contributed by atoms with Gasteiger partial charge in [0.15, 0.2) is 0 Å². The Bertz CT molecular complexity index is 1680. The molecule has 7 aromatic rings. The van der Waals surface area contributed by atoms with Crippen LogP contribution in [0, 0.1) is 13.8 Å². The van der Waals surface area contributed by atoms with Gasteiger partial charge in [-0.2, -0.15) is 0 Å². The van der Waals surface area contributed by atoms with E-state index in [2.05, 4.69) is 86.6 Å². The zero-order valence-corrected chi connectivity index (χ0v) is 18.4. The quantitative estimate of drug-likeness (QED) is 0.170. The molecule has 0 saturated carbocycles. The highest BCUT2D eigenvalue weighted by Gasteiger charge is 2.14. The van der Waals surface area contributed by atoms with E-state index in [1.165, 1.54) is 73.0 Å². The lowest BCUT2D eigenvalue weighted by Gasteiger charge is -2.15. The zero-order valence-electron chi connectivity index (χ0n) is 16.7. The molecule has 0 amide bonds. The minimum atomic E-state index is 1.34. The first-order valence-electron chi connectivity index (χ1n) is 10.3. The average molecular weight is 419 g/mol. The molecule has 0 aliphatic heterocycles. The van der Waals surface area contributed by atoms with Gasteiger partial charge in [-0.15, -0.1) is 22.7 Å². The van der Waals surface area contributed by atoms with Crippen LogP contribution in [0.3, 0.4) is 0 Å². The molecule has 0 fully saturated rings. The molecule has 30 heavy (non-hydrogen) atoms. The van der Waals surface area contributed by atoms with E-state index in [0.717, 1.165) is 0 Å². The summed E-state index contributed by atoms with van der Waals surface area (Å²) < 4.78 is 5.49. The van der Waals surface area contributed by atoms with Crippen molar-refractivity contribution in [2.75, 3.05) is 0 Å². The molecule has 0 aliphatic rings. The molecule has 0 nitrogen and oxygen atoms in total. The largest absolute Gasteiger partial charge is 0.135 e. The lowest BCUT2D eigenvalue weighted by molar-refractivity contribution is 1.56. The molecule has 0 N–H and O–H groups in total. The summed E-state index contributed by atoms with van der Waals surface area (Å²) in [6.45, 7) is 4.50. The highest BCUT2D eigenvalue weighted by Crippen LogP contribution is 2.44. The summed E-state index contributed by atoms with van der Waals surface area (Å²) in [5, 5.41) is 11.1. The summed E-state index contributed by atoms with van der Waals surface area (Å²) >= 11 is 3.85. The standard InChI is InChI=1S/C28H18S2/c1-15-9-11-17-5-3-7-21-27(17)25(15)19-13-24-20(14-23(19)29-21)26-16(2)10-12-18-6-4-8-22(30-24)28(18)26/h3-14H,1-2H3. The maximum absolute atomic E-state index is 2.45. The molecule has 0 spiro atoms. The van der Waals surface area contributed by atoms with E-state index in [1.807, 2.05) is 22.7 Å². The predicted octanol–water partition coefficient (Wildman–Crippen LogP) is 9.35. The first-order chi connectivity index (χ1) is 14.7. The number of hydrogen-bond donors (Lipinski definition) is 0. The second kappa shape index (κ2) is 5.81. The normalized spacial score (nSPS) is 12.3. The van der Waals surface area contributed by atoms with Crippen LogP contribution in [-0.4, -0.2) is 0 Å². The lowest BCUT2D eigenvalue weighted by atomic mass is 9.96. The second-order valence-electron chi connectivity index (χ2n) is 8.27. The summed E-state index contributed by atoms with van der Waals surface area (Å²) in [5.74, 6) is 0. The van der Waals surface area contributed by atoms with Crippen molar-refractivity contribution in [3.05, 3.63) is 83.9 Å². The van der Waals surface area contributed by atoms with Crippen LogP contribution >= 0.6 is 22.7 Å². The van der Waals surface area contributed by atoms with Crippen LogP contribution in [-0.2, 0) is 0 Å². The van der Waals surface area contributed by atoms with E-state index in [0.29, 0.717) is 0 Å². The third kappa shape index (κ3) is 2.10. The molecule has 2 heterocycles. The monoisotopic (exact) mass is 418 g/mol. The van der Waals surface area contributed by atoms with Gasteiger partial charge in [0.25, 0.3) is 0 Å². The second-order valence-corrected chi connectivity index (χ2v) is 10.4. The third-order valence-corrected chi connectivity index (χ3v) is 8.73. The van der Waals surface area contributed by atoms with Gasteiger partial charge in [-0.05, 0) is 70.8 Å². The van der Waals surface area contributed by atoms with Gasteiger partial charge in [-0.25, -0.2) is 0 Å². The number of rotatable bonds is 0. The van der Waals surface area contributed by atoms with Crippen molar-refractivity contribution in [1.29, 1.82) is 0 Å². The van der Waals surface area contributed by atoms with Crippen molar-refractivity contribution >= 4 is 84.6 Å². The maximum Gasteiger partial charge on any atom is 0.0362 e. The Morgan fingerprint density at radius 2 is 0.933 bits per heavy atom. The molecule has 5 aromatic carbocycles. The Hall–Kier alpha value is -2.94. The molecule has 0 saturated heterocycles. The number of benzene rings is 5. The Morgan fingerprint density at radius 3 is 1.40 bits per heavy atom. The predicted molar refractivity (Wildman–Crippen MR) is 137 cm³/mol. The SMILES string of the molecule is Cc1ccc2cccc3sc4cc5c(cc4c1c23)sc1cccc2ccc(C)c5c21. The van der Waals surface area contributed by atoms with Gasteiger partial charge in [0.1, 0.15) is 0 Å². The Labute approximate surface area is 182 Å². The molecule has 0 radical (unpaired) electrons. The Kier molecular flexibility index (Phi) is 3.26. The van der Waals surface area contributed by atoms with E-state index in [9.17, 15) is 0 Å². The smallest absolute Gasteiger partial charge is 0.0362 e. The number of aryl methyl sites for hydroxylation is 2. The van der Waals surface area contributed by atoms with Crippen LogP contribution in [0.1, 0.15) is 11.1 Å². The van der Waals surface area contributed by atoms with Crippen LogP contribution < -0.4 is 0 Å². The van der Waals surface area contributed by atoms with Crippen LogP contribution in [0.15, 0.2) is 72.8 Å². The van der Waals surface area contributed by atoms with Crippen LogP contribution in [0.5, 0.6) is 0 Å². The van der Waals surface area contributed by atoms with Gasteiger partial charge in [-0.3, -0.25) is 0 Å². The van der Waals surface area contributed by atoms with E-state index in [1.54, 1.807) is 0 Å². The van der Waals surface area contributed by atoms with Crippen molar-refractivity contribution < 1.29 is 0 Å². The van der Waals surface area contributed by atoms with Crippen molar-refractivity contribution in [2.24, 2.45) is 0 Å². The topological polar surface area (TPSA) is 0 Å². The highest BCUT2D eigenvalue weighted by molar-refractivity contribution is 7.26. The van der Waals surface area contributed by atoms with Gasteiger partial charge in [-0.1, -0.05) is 48.5 Å². The van der Waals surface area contributed by atoms with Crippen molar-refractivity contribution in [3.63, 3.8) is 0 Å². The van der Waals surface area contributed by atoms with E-state index in [4.69, 9.17) is 0 Å². The van der Waals surface area contributed by atoms with Crippen LogP contribution in [0.4, 0.5) is 0 Å². The van der Waals surface area contributed by atoms with E-state index >= 15 is 0 Å². The molecule has 0 bridgehead atoms. The molecule has 142 valence electrons. The molecular weight excluding hydrogens is 400 g/mol. The number of hydrogen-bond acceptors (Lipinski definition) is 2.